The molecule has 2 aromatic carbocycles. The Bertz CT molecular complexity index is 1140. The Labute approximate surface area is 229 Å². The first-order valence-corrected chi connectivity index (χ1v) is 12.8. The van der Waals surface area contributed by atoms with E-state index in [0.29, 0.717) is 35.7 Å². The lowest BCUT2D eigenvalue weighted by molar-refractivity contribution is -0.145. The van der Waals surface area contributed by atoms with Crippen LogP contribution in [0.15, 0.2) is 42.5 Å². The van der Waals surface area contributed by atoms with E-state index in [4.69, 9.17) is 23.7 Å². The number of methoxy groups -OCH3 is 4. The smallest absolute Gasteiger partial charge is 0.411 e. The second kappa shape index (κ2) is 12.7. The number of amides is 2. The Kier molecular flexibility index (Phi) is 9.66. The minimum Gasteiger partial charge on any atom is -0.496 e. The van der Waals surface area contributed by atoms with Crippen LogP contribution in [0, 0.1) is 0 Å². The van der Waals surface area contributed by atoms with Gasteiger partial charge < -0.3 is 29.0 Å². The van der Waals surface area contributed by atoms with Gasteiger partial charge in [0.2, 0.25) is 5.91 Å². The summed E-state index contributed by atoms with van der Waals surface area (Å²) < 4.78 is 27.3. The molecule has 1 N–H and O–H groups in total. The average Bonchev–Trinajstić information content (AvgIpc) is 3.36. The minimum absolute atomic E-state index is 0.238. The van der Waals surface area contributed by atoms with Gasteiger partial charge in [-0.2, -0.15) is 0 Å². The molecule has 0 bridgehead atoms. The lowest BCUT2D eigenvalue weighted by Crippen LogP contribution is -2.52. The van der Waals surface area contributed by atoms with Gasteiger partial charge in [0, 0.05) is 18.6 Å². The number of carbonyl (C=O) groups excluding carboxylic acids is 3. The van der Waals surface area contributed by atoms with Gasteiger partial charge >= 0.3 is 12.1 Å². The standard InChI is InChI=1S/C29H38N2O8/c1-29(2,3)39-28(34)31-21(25-23(36-5)16-19(35-4)17-24(25)37-6)13-14-22(31)26(32)30-20(27(33)38-7)15-18-11-9-8-10-12-18/h8-12,16-17,20-22H,13-15H2,1-7H3,(H,30,32)/t20-,21?,22-/m0/s1. The lowest BCUT2D eigenvalue weighted by atomic mass is 10.0. The molecule has 1 fully saturated rings. The van der Waals surface area contributed by atoms with E-state index in [1.807, 2.05) is 30.3 Å². The molecule has 2 aromatic rings. The Morgan fingerprint density at radius 2 is 1.56 bits per heavy atom. The van der Waals surface area contributed by atoms with Gasteiger partial charge in [-0.1, -0.05) is 30.3 Å². The topological polar surface area (TPSA) is 113 Å². The van der Waals surface area contributed by atoms with E-state index in [0.717, 1.165) is 5.56 Å². The highest BCUT2D eigenvalue weighted by atomic mass is 16.6. The fourth-order valence-corrected chi connectivity index (χ4v) is 4.74. The van der Waals surface area contributed by atoms with Gasteiger partial charge in [0.25, 0.3) is 0 Å². The van der Waals surface area contributed by atoms with Crippen LogP contribution in [0.1, 0.15) is 50.8 Å². The summed E-state index contributed by atoms with van der Waals surface area (Å²) in [5, 5.41) is 2.81. The fourth-order valence-electron chi connectivity index (χ4n) is 4.74. The van der Waals surface area contributed by atoms with Gasteiger partial charge in [0.05, 0.1) is 40.0 Å². The van der Waals surface area contributed by atoms with E-state index in [2.05, 4.69) is 5.32 Å². The number of carbonyl (C=O) groups is 3. The summed E-state index contributed by atoms with van der Waals surface area (Å²) in [7, 11) is 5.83. The number of nitrogens with zero attached hydrogens (tertiary/aromatic N) is 1. The number of hydrogen-bond acceptors (Lipinski definition) is 8. The van der Waals surface area contributed by atoms with Crippen LogP contribution in [-0.4, -0.2) is 69.0 Å². The lowest BCUT2D eigenvalue weighted by Gasteiger charge is -2.33. The van der Waals surface area contributed by atoms with E-state index in [1.165, 1.54) is 33.3 Å². The average molecular weight is 543 g/mol. The zero-order valence-electron chi connectivity index (χ0n) is 23.6. The zero-order chi connectivity index (χ0) is 28.7. The molecule has 0 spiro atoms. The number of rotatable bonds is 9. The van der Waals surface area contributed by atoms with Crippen molar-refractivity contribution in [3.05, 3.63) is 53.6 Å². The maximum Gasteiger partial charge on any atom is 0.411 e. The van der Waals surface area contributed by atoms with Crippen molar-refractivity contribution in [1.82, 2.24) is 10.2 Å². The molecule has 3 atom stereocenters. The van der Waals surface area contributed by atoms with E-state index in [1.54, 1.807) is 32.9 Å². The molecule has 2 amide bonds. The summed E-state index contributed by atoms with van der Waals surface area (Å²) >= 11 is 0. The molecule has 1 heterocycles. The van der Waals surface area contributed by atoms with Crippen molar-refractivity contribution in [2.45, 2.75) is 63.8 Å². The fraction of sp³-hybridized carbons (Fsp3) is 0.483. The molecule has 10 nitrogen and oxygen atoms in total. The van der Waals surface area contributed by atoms with Crippen LogP contribution in [0.5, 0.6) is 17.2 Å². The normalized spacial score (nSPS) is 17.7. The van der Waals surface area contributed by atoms with Crippen molar-refractivity contribution in [2.75, 3.05) is 28.4 Å². The molecule has 1 saturated heterocycles. The molecule has 10 heteroatoms. The third-order valence-corrected chi connectivity index (χ3v) is 6.46. The Balaban J connectivity index is 1.99. The summed E-state index contributed by atoms with van der Waals surface area (Å²) in [6, 6.07) is 10.3. The van der Waals surface area contributed by atoms with Gasteiger partial charge in [-0.25, -0.2) is 9.59 Å². The maximum absolute atomic E-state index is 13.7. The largest absolute Gasteiger partial charge is 0.496 e. The highest BCUT2D eigenvalue weighted by Crippen LogP contribution is 2.47. The van der Waals surface area contributed by atoms with E-state index in [9.17, 15) is 14.4 Å². The van der Waals surface area contributed by atoms with Crippen LogP contribution >= 0.6 is 0 Å². The molecule has 1 aliphatic rings. The van der Waals surface area contributed by atoms with Crippen molar-refractivity contribution < 1.29 is 38.1 Å². The zero-order valence-corrected chi connectivity index (χ0v) is 23.6. The number of likely N-dealkylation sites (tertiary alicyclic amines) is 1. The first-order chi connectivity index (χ1) is 18.5. The molecule has 0 radical (unpaired) electrons. The molecule has 1 unspecified atom stereocenters. The number of ether oxygens (including phenoxy) is 5. The Hall–Kier alpha value is -3.95. The summed E-state index contributed by atoms with van der Waals surface area (Å²) in [6.07, 6.45) is 0.329. The minimum atomic E-state index is -0.936. The number of hydrogen-bond donors (Lipinski definition) is 1. The second-order valence-electron chi connectivity index (χ2n) is 10.2. The molecule has 212 valence electrons. The Morgan fingerprint density at radius 3 is 2.08 bits per heavy atom. The Morgan fingerprint density at radius 1 is 0.949 bits per heavy atom. The second-order valence-corrected chi connectivity index (χ2v) is 10.2. The van der Waals surface area contributed by atoms with Crippen molar-refractivity contribution in [3.8, 4) is 17.2 Å². The van der Waals surface area contributed by atoms with Crippen molar-refractivity contribution in [2.24, 2.45) is 0 Å². The predicted octanol–water partition coefficient (Wildman–Crippen LogP) is 4.05. The van der Waals surface area contributed by atoms with E-state index in [-0.39, 0.29) is 6.42 Å². The van der Waals surface area contributed by atoms with Gasteiger partial charge in [0.1, 0.15) is 34.9 Å². The molecule has 39 heavy (non-hydrogen) atoms. The monoisotopic (exact) mass is 542 g/mol. The first-order valence-electron chi connectivity index (χ1n) is 12.8. The number of benzene rings is 2. The van der Waals surface area contributed by atoms with Crippen LogP contribution in [-0.2, 0) is 25.5 Å². The summed E-state index contributed by atoms with van der Waals surface area (Å²) in [6.45, 7) is 5.27. The highest BCUT2D eigenvalue weighted by Gasteiger charge is 2.46. The highest BCUT2D eigenvalue weighted by molar-refractivity contribution is 5.90. The first kappa shape index (κ1) is 29.6. The molecule has 0 aliphatic carbocycles. The number of nitrogens with one attached hydrogen (secondary N) is 1. The van der Waals surface area contributed by atoms with Crippen LogP contribution in [0.2, 0.25) is 0 Å². The number of esters is 1. The maximum atomic E-state index is 13.7. The van der Waals surface area contributed by atoms with Gasteiger partial charge in [0.15, 0.2) is 0 Å². The van der Waals surface area contributed by atoms with Crippen LogP contribution < -0.4 is 19.5 Å². The SMILES string of the molecule is COC(=O)[C@H](Cc1ccccc1)NC(=O)[C@@H]1CCC(c2c(OC)cc(OC)cc2OC)N1C(=O)OC(C)(C)C. The molecular weight excluding hydrogens is 504 g/mol. The third kappa shape index (κ3) is 7.13. The molecule has 3 rings (SSSR count). The van der Waals surface area contributed by atoms with Crippen molar-refractivity contribution in [1.29, 1.82) is 0 Å². The van der Waals surface area contributed by atoms with Gasteiger partial charge in [-0.3, -0.25) is 9.69 Å². The van der Waals surface area contributed by atoms with Crippen LogP contribution in [0.3, 0.4) is 0 Å². The molecular formula is C29H38N2O8. The predicted molar refractivity (Wildman–Crippen MR) is 144 cm³/mol. The van der Waals surface area contributed by atoms with Crippen molar-refractivity contribution >= 4 is 18.0 Å². The summed E-state index contributed by atoms with van der Waals surface area (Å²) in [4.78, 5) is 41.3. The molecule has 0 aromatic heterocycles. The van der Waals surface area contributed by atoms with E-state index >= 15 is 0 Å². The quantitative estimate of drug-likeness (QED) is 0.472. The molecule has 0 saturated carbocycles. The summed E-state index contributed by atoms with van der Waals surface area (Å²) in [5.74, 6) is 0.347. The van der Waals surface area contributed by atoms with E-state index < -0.39 is 41.7 Å². The van der Waals surface area contributed by atoms with Crippen LogP contribution in [0.25, 0.3) is 0 Å². The van der Waals surface area contributed by atoms with Crippen LogP contribution in [0.4, 0.5) is 4.79 Å². The molecule has 1 aliphatic heterocycles. The van der Waals surface area contributed by atoms with Gasteiger partial charge in [-0.05, 0) is 39.2 Å². The third-order valence-electron chi connectivity index (χ3n) is 6.46. The van der Waals surface area contributed by atoms with Gasteiger partial charge in [-0.15, -0.1) is 0 Å². The van der Waals surface area contributed by atoms with Crippen molar-refractivity contribution in [3.63, 3.8) is 0 Å². The summed E-state index contributed by atoms with van der Waals surface area (Å²) in [5.41, 5.74) is 0.645.